The molecule has 1 fully saturated rings. The molecule has 0 spiro atoms. The van der Waals surface area contributed by atoms with Crippen molar-refractivity contribution in [2.45, 2.75) is 18.9 Å². The minimum absolute atomic E-state index is 0.0326. The average molecular weight is 302 g/mol. The van der Waals surface area contributed by atoms with Crippen LogP contribution in [0.2, 0.25) is 0 Å². The predicted octanol–water partition coefficient (Wildman–Crippen LogP) is 1.38. The Morgan fingerprint density at radius 3 is 2.73 bits per heavy atom. The lowest BCUT2D eigenvalue weighted by Gasteiger charge is -2.36. The minimum Gasteiger partial charge on any atom is -0.508 e. The highest BCUT2D eigenvalue weighted by Gasteiger charge is 2.29. The Balaban J connectivity index is 2.27. The van der Waals surface area contributed by atoms with Gasteiger partial charge in [0.25, 0.3) is 5.91 Å². The lowest BCUT2D eigenvalue weighted by molar-refractivity contribution is 0.0748. The second kappa shape index (κ2) is 7.09. The van der Waals surface area contributed by atoms with E-state index in [0.717, 1.165) is 25.9 Å². The van der Waals surface area contributed by atoms with Gasteiger partial charge < -0.3 is 15.7 Å². The smallest absolute Gasteiger partial charge is 0.259 e. The monoisotopic (exact) mass is 302 g/mol. The summed E-state index contributed by atoms with van der Waals surface area (Å²) in [6.45, 7) is 1.77. The molecule has 1 aromatic carbocycles. The second-order valence-electron chi connectivity index (χ2n) is 5.50. The third kappa shape index (κ3) is 3.65. The lowest BCUT2D eigenvalue weighted by Crippen LogP contribution is -2.48. The molecular weight excluding hydrogens is 280 g/mol. The van der Waals surface area contributed by atoms with Crippen molar-refractivity contribution in [2.24, 2.45) is 5.73 Å². The fourth-order valence-corrected chi connectivity index (χ4v) is 2.67. The number of carbonyl (C=O) groups excluding carboxylic acids is 1. The molecule has 1 heterocycles. The van der Waals surface area contributed by atoms with Gasteiger partial charge in [0.2, 0.25) is 0 Å². The molecule has 22 heavy (non-hydrogen) atoms. The summed E-state index contributed by atoms with van der Waals surface area (Å²) in [6, 6.07) is 6.17. The topological polar surface area (TPSA) is 93.7 Å². The van der Waals surface area contributed by atoms with Crippen LogP contribution in [0.15, 0.2) is 36.5 Å². The minimum atomic E-state index is -0.284. The maximum atomic E-state index is 12.8. The van der Waals surface area contributed by atoms with Gasteiger partial charge in [0.1, 0.15) is 11.6 Å². The molecule has 6 nitrogen and oxygen atoms in total. The number of likely N-dealkylation sites (tertiary alicyclic amines) is 1. The zero-order chi connectivity index (χ0) is 16.1. The van der Waals surface area contributed by atoms with Crippen molar-refractivity contribution in [3.05, 3.63) is 42.1 Å². The van der Waals surface area contributed by atoms with E-state index in [9.17, 15) is 9.90 Å². The number of nitrogens with one attached hydrogen (secondary N) is 1. The highest BCUT2D eigenvalue weighted by atomic mass is 16.3. The van der Waals surface area contributed by atoms with Gasteiger partial charge >= 0.3 is 0 Å². The van der Waals surface area contributed by atoms with Crippen molar-refractivity contribution in [1.29, 1.82) is 5.41 Å². The first-order chi connectivity index (χ1) is 10.5. The molecule has 6 heteroatoms. The fraction of sp³-hybridized carbons (Fsp3) is 0.375. The van der Waals surface area contributed by atoms with E-state index in [0.29, 0.717) is 5.56 Å². The van der Waals surface area contributed by atoms with Crippen LogP contribution in [0, 0.1) is 5.41 Å². The standard InChI is InChI=1S/C16H22N4O2/c1-19-9-6-13(7-10-19)20(15(18)5-8-17)16(22)12-3-2-4-14(21)11-12/h2-5,8,11,13,18,21H,6-7,9-10,17H2,1H3/b8-5-,18-15?. The molecule has 0 unspecified atom stereocenters. The number of hydrogen-bond acceptors (Lipinski definition) is 5. The van der Waals surface area contributed by atoms with Crippen LogP contribution in [0.3, 0.4) is 0 Å². The number of phenolic OH excluding ortho intramolecular Hbond substituents is 1. The van der Waals surface area contributed by atoms with Crippen LogP contribution in [-0.4, -0.2) is 52.8 Å². The normalized spacial score (nSPS) is 16.8. The van der Waals surface area contributed by atoms with Gasteiger partial charge in [-0.15, -0.1) is 0 Å². The molecule has 0 saturated carbocycles. The van der Waals surface area contributed by atoms with E-state index in [1.54, 1.807) is 12.1 Å². The first kappa shape index (κ1) is 16.0. The fourth-order valence-electron chi connectivity index (χ4n) is 2.67. The number of piperidine rings is 1. The van der Waals surface area contributed by atoms with E-state index >= 15 is 0 Å². The SMILES string of the molecule is CN1CCC(N(C(=N)/C=C\N)C(=O)c2cccc(O)c2)CC1. The Morgan fingerprint density at radius 1 is 1.45 bits per heavy atom. The van der Waals surface area contributed by atoms with Crippen LogP contribution >= 0.6 is 0 Å². The summed E-state index contributed by atoms with van der Waals surface area (Å²) in [5.74, 6) is -0.172. The number of benzene rings is 1. The molecule has 1 aliphatic heterocycles. The highest BCUT2D eigenvalue weighted by molar-refractivity contribution is 6.09. The number of carbonyl (C=O) groups is 1. The van der Waals surface area contributed by atoms with Crippen molar-refractivity contribution in [3.8, 4) is 5.75 Å². The van der Waals surface area contributed by atoms with E-state index in [1.807, 2.05) is 7.05 Å². The molecule has 0 bridgehead atoms. The van der Waals surface area contributed by atoms with Crippen LogP contribution in [-0.2, 0) is 0 Å². The molecule has 0 aliphatic carbocycles. The number of amides is 1. The van der Waals surface area contributed by atoms with Crippen molar-refractivity contribution in [3.63, 3.8) is 0 Å². The highest BCUT2D eigenvalue weighted by Crippen LogP contribution is 2.20. The van der Waals surface area contributed by atoms with Gasteiger partial charge in [-0.1, -0.05) is 6.07 Å². The van der Waals surface area contributed by atoms with E-state index < -0.39 is 0 Å². The molecule has 0 aromatic heterocycles. The summed E-state index contributed by atoms with van der Waals surface area (Å²) in [6.07, 6.45) is 4.29. The summed E-state index contributed by atoms with van der Waals surface area (Å²) < 4.78 is 0. The third-order valence-electron chi connectivity index (χ3n) is 3.88. The third-order valence-corrected chi connectivity index (χ3v) is 3.88. The number of rotatable bonds is 3. The van der Waals surface area contributed by atoms with Gasteiger partial charge in [0, 0.05) is 11.6 Å². The summed E-state index contributed by atoms with van der Waals surface area (Å²) in [7, 11) is 2.04. The molecule has 4 N–H and O–H groups in total. The molecular formula is C16H22N4O2. The van der Waals surface area contributed by atoms with Crippen LogP contribution in [0.4, 0.5) is 0 Å². The van der Waals surface area contributed by atoms with Crippen LogP contribution in [0.5, 0.6) is 5.75 Å². The van der Waals surface area contributed by atoms with E-state index in [4.69, 9.17) is 11.1 Å². The Kier molecular flexibility index (Phi) is 5.16. The summed E-state index contributed by atoms with van der Waals surface area (Å²) in [5, 5.41) is 17.7. The van der Waals surface area contributed by atoms with Crippen LogP contribution in [0.1, 0.15) is 23.2 Å². The molecule has 2 rings (SSSR count). The van der Waals surface area contributed by atoms with E-state index in [2.05, 4.69) is 4.90 Å². The molecule has 1 aliphatic rings. The van der Waals surface area contributed by atoms with Crippen LogP contribution in [0.25, 0.3) is 0 Å². The average Bonchev–Trinajstić information content (AvgIpc) is 2.49. The Hall–Kier alpha value is -2.34. The van der Waals surface area contributed by atoms with E-state index in [1.165, 1.54) is 29.3 Å². The number of nitrogens with zero attached hydrogens (tertiary/aromatic N) is 2. The molecule has 118 valence electrons. The van der Waals surface area contributed by atoms with Gasteiger partial charge in [0.15, 0.2) is 0 Å². The molecule has 0 atom stereocenters. The number of hydrogen-bond donors (Lipinski definition) is 3. The largest absolute Gasteiger partial charge is 0.508 e. The first-order valence-electron chi connectivity index (χ1n) is 7.31. The van der Waals surface area contributed by atoms with Gasteiger partial charge in [0.05, 0.1) is 0 Å². The van der Waals surface area contributed by atoms with Crippen molar-refractivity contribution < 1.29 is 9.90 Å². The Bertz CT molecular complexity index is 577. The predicted molar refractivity (Wildman–Crippen MR) is 85.8 cm³/mol. The van der Waals surface area contributed by atoms with Crippen molar-refractivity contribution in [2.75, 3.05) is 20.1 Å². The van der Waals surface area contributed by atoms with E-state index in [-0.39, 0.29) is 23.5 Å². The van der Waals surface area contributed by atoms with Crippen molar-refractivity contribution >= 4 is 11.7 Å². The van der Waals surface area contributed by atoms with Gasteiger partial charge in [-0.2, -0.15) is 0 Å². The Morgan fingerprint density at radius 2 is 2.14 bits per heavy atom. The molecule has 1 aromatic rings. The van der Waals surface area contributed by atoms with Crippen molar-refractivity contribution in [1.82, 2.24) is 9.80 Å². The first-order valence-corrected chi connectivity index (χ1v) is 7.31. The lowest BCUT2D eigenvalue weighted by atomic mass is 10.0. The maximum absolute atomic E-state index is 12.8. The summed E-state index contributed by atoms with van der Waals surface area (Å²) in [5.41, 5.74) is 5.74. The number of aromatic hydroxyl groups is 1. The van der Waals surface area contributed by atoms with Gasteiger partial charge in [-0.05, 0) is 63.5 Å². The molecule has 1 amide bonds. The van der Waals surface area contributed by atoms with Crippen LogP contribution < -0.4 is 5.73 Å². The second-order valence-corrected chi connectivity index (χ2v) is 5.50. The zero-order valence-corrected chi connectivity index (χ0v) is 12.7. The zero-order valence-electron chi connectivity index (χ0n) is 12.7. The molecule has 0 radical (unpaired) electrons. The number of phenols is 1. The maximum Gasteiger partial charge on any atom is 0.259 e. The Labute approximate surface area is 130 Å². The van der Waals surface area contributed by atoms with Gasteiger partial charge in [-0.25, -0.2) is 0 Å². The number of amidine groups is 1. The summed E-state index contributed by atoms with van der Waals surface area (Å²) >= 11 is 0. The quantitative estimate of drug-likeness (QED) is 0.581. The molecule has 1 saturated heterocycles. The van der Waals surface area contributed by atoms with Gasteiger partial charge in [-0.3, -0.25) is 15.1 Å². The number of nitrogens with two attached hydrogens (primary N) is 1. The summed E-state index contributed by atoms with van der Waals surface area (Å²) in [4.78, 5) is 16.5.